The van der Waals surface area contributed by atoms with Crippen LogP contribution in [0, 0.1) is 0 Å². The first-order chi connectivity index (χ1) is 9.44. The third-order valence-electron chi connectivity index (χ3n) is 4.08. The molecule has 1 atom stereocenters. The number of carbonyl (C=O) groups is 2. The number of carbonyl (C=O) groups excluding carboxylic acids is 1. The molecule has 2 rings (SSSR count). The van der Waals surface area contributed by atoms with E-state index >= 15 is 0 Å². The van der Waals surface area contributed by atoms with Gasteiger partial charge in [0.1, 0.15) is 6.04 Å². The van der Waals surface area contributed by atoms with Gasteiger partial charge in [-0.2, -0.15) is 0 Å². The second-order valence-corrected chi connectivity index (χ2v) is 5.84. The Morgan fingerprint density at radius 3 is 2.45 bits per heavy atom. The molecule has 1 amide bonds. The molecule has 1 heterocycles. The molecule has 1 saturated heterocycles. The topological polar surface area (TPSA) is 57.6 Å². The van der Waals surface area contributed by atoms with E-state index in [1.165, 1.54) is 0 Å². The lowest BCUT2D eigenvalue weighted by molar-refractivity contribution is -0.154. The number of benzene rings is 1. The van der Waals surface area contributed by atoms with Crippen molar-refractivity contribution < 1.29 is 14.7 Å². The Kier molecular flexibility index (Phi) is 4.12. The van der Waals surface area contributed by atoms with E-state index in [1.54, 1.807) is 4.90 Å². The highest BCUT2D eigenvalue weighted by atomic mass is 16.4. The van der Waals surface area contributed by atoms with Gasteiger partial charge in [-0.1, -0.05) is 30.3 Å². The Hall–Kier alpha value is -1.84. The third-order valence-corrected chi connectivity index (χ3v) is 4.08. The summed E-state index contributed by atoms with van der Waals surface area (Å²) in [5.74, 6) is -1.00. The predicted octanol–water partition coefficient (Wildman–Crippen LogP) is 2.43. The van der Waals surface area contributed by atoms with Gasteiger partial charge in [-0.15, -0.1) is 0 Å². The van der Waals surface area contributed by atoms with E-state index < -0.39 is 17.4 Å². The minimum Gasteiger partial charge on any atom is -0.480 e. The fourth-order valence-corrected chi connectivity index (χ4v) is 2.77. The predicted molar refractivity (Wildman–Crippen MR) is 76.5 cm³/mol. The molecule has 108 valence electrons. The van der Waals surface area contributed by atoms with Gasteiger partial charge < -0.3 is 10.0 Å². The maximum absolute atomic E-state index is 12.8. The molecule has 4 heteroatoms. The molecule has 4 nitrogen and oxygen atoms in total. The average molecular weight is 275 g/mol. The zero-order chi connectivity index (χ0) is 14.8. The molecule has 1 aromatic carbocycles. The fourth-order valence-electron chi connectivity index (χ4n) is 2.77. The van der Waals surface area contributed by atoms with Crippen LogP contribution in [0.15, 0.2) is 30.3 Å². The molecule has 0 aliphatic carbocycles. The van der Waals surface area contributed by atoms with Crippen molar-refractivity contribution in [2.45, 2.75) is 44.6 Å². The van der Waals surface area contributed by atoms with Crippen LogP contribution in [-0.4, -0.2) is 34.5 Å². The summed E-state index contributed by atoms with van der Waals surface area (Å²) < 4.78 is 0. The van der Waals surface area contributed by atoms with E-state index in [4.69, 9.17) is 0 Å². The number of amides is 1. The van der Waals surface area contributed by atoms with Gasteiger partial charge in [-0.3, -0.25) is 4.79 Å². The Balaban J connectivity index is 2.27. The fraction of sp³-hybridized carbons (Fsp3) is 0.500. The van der Waals surface area contributed by atoms with Crippen molar-refractivity contribution in [3.63, 3.8) is 0 Å². The van der Waals surface area contributed by atoms with Gasteiger partial charge in [0.05, 0.1) is 5.41 Å². The second kappa shape index (κ2) is 5.65. The summed E-state index contributed by atoms with van der Waals surface area (Å²) >= 11 is 0. The molecule has 1 aromatic rings. The SMILES string of the molecule is CC(C)(C(=O)N1CCCC[C@@H]1C(=O)O)c1ccccc1. The summed E-state index contributed by atoms with van der Waals surface area (Å²) in [5.41, 5.74) is 0.214. The maximum Gasteiger partial charge on any atom is 0.326 e. The lowest BCUT2D eigenvalue weighted by atomic mass is 9.82. The largest absolute Gasteiger partial charge is 0.480 e. The van der Waals surface area contributed by atoms with Crippen LogP contribution >= 0.6 is 0 Å². The Morgan fingerprint density at radius 2 is 1.85 bits per heavy atom. The van der Waals surface area contributed by atoms with Crippen LogP contribution in [0.2, 0.25) is 0 Å². The van der Waals surface area contributed by atoms with Gasteiger partial charge in [0.15, 0.2) is 0 Å². The highest BCUT2D eigenvalue weighted by molar-refractivity contribution is 5.91. The Labute approximate surface area is 119 Å². The number of nitrogens with zero attached hydrogens (tertiary/aromatic N) is 1. The number of rotatable bonds is 3. The first-order valence-corrected chi connectivity index (χ1v) is 7.04. The third kappa shape index (κ3) is 2.69. The molecule has 1 aliphatic heterocycles. The van der Waals surface area contributed by atoms with Crippen molar-refractivity contribution >= 4 is 11.9 Å². The summed E-state index contributed by atoms with van der Waals surface area (Å²) in [6, 6.07) is 8.85. The highest BCUT2D eigenvalue weighted by Gasteiger charge is 2.40. The van der Waals surface area contributed by atoms with Crippen molar-refractivity contribution in [1.82, 2.24) is 4.90 Å². The molecule has 0 bridgehead atoms. The van der Waals surface area contributed by atoms with Crippen molar-refractivity contribution in [2.24, 2.45) is 0 Å². The van der Waals surface area contributed by atoms with E-state index in [2.05, 4.69) is 0 Å². The van der Waals surface area contributed by atoms with Crippen molar-refractivity contribution in [3.05, 3.63) is 35.9 Å². The number of hydrogen-bond donors (Lipinski definition) is 1. The normalized spacial score (nSPS) is 19.7. The maximum atomic E-state index is 12.8. The average Bonchev–Trinajstić information content (AvgIpc) is 2.47. The Bertz CT molecular complexity index is 496. The minimum atomic E-state index is -0.901. The van der Waals surface area contributed by atoms with Gasteiger partial charge >= 0.3 is 5.97 Å². The van der Waals surface area contributed by atoms with Crippen LogP contribution in [0.4, 0.5) is 0 Å². The number of aliphatic carboxylic acids is 1. The molecule has 0 saturated carbocycles. The van der Waals surface area contributed by atoms with E-state index in [9.17, 15) is 14.7 Å². The van der Waals surface area contributed by atoms with Crippen LogP contribution in [-0.2, 0) is 15.0 Å². The van der Waals surface area contributed by atoms with Crippen LogP contribution in [0.25, 0.3) is 0 Å². The van der Waals surface area contributed by atoms with E-state index in [-0.39, 0.29) is 5.91 Å². The molecule has 20 heavy (non-hydrogen) atoms. The van der Waals surface area contributed by atoms with Crippen LogP contribution in [0.3, 0.4) is 0 Å². The van der Waals surface area contributed by atoms with Gasteiger partial charge in [0.2, 0.25) is 5.91 Å². The lowest BCUT2D eigenvalue weighted by Gasteiger charge is -2.38. The zero-order valence-electron chi connectivity index (χ0n) is 12.0. The summed E-state index contributed by atoms with van der Waals surface area (Å²) in [5, 5.41) is 9.30. The second-order valence-electron chi connectivity index (χ2n) is 5.84. The summed E-state index contributed by atoms with van der Waals surface area (Å²) in [6.07, 6.45) is 2.29. The summed E-state index contributed by atoms with van der Waals surface area (Å²) in [4.78, 5) is 25.7. The van der Waals surface area contributed by atoms with Crippen LogP contribution in [0.1, 0.15) is 38.7 Å². The highest BCUT2D eigenvalue weighted by Crippen LogP contribution is 2.29. The molecule has 0 unspecified atom stereocenters. The van der Waals surface area contributed by atoms with Gasteiger partial charge in [0.25, 0.3) is 0 Å². The first kappa shape index (κ1) is 14.6. The number of carboxylic acids is 1. The molecule has 0 aromatic heterocycles. The number of carboxylic acid groups (broad SMARTS) is 1. The van der Waals surface area contributed by atoms with E-state index in [0.29, 0.717) is 13.0 Å². The monoisotopic (exact) mass is 275 g/mol. The van der Waals surface area contributed by atoms with E-state index in [1.807, 2.05) is 44.2 Å². The molecule has 1 N–H and O–H groups in total. The van der Waals surface area contributed by atoms with Crippen LogP contribution < -0.4 is 0 Å². The molecule has 1 aliphatic rings. The molecule has 0 radical (unpaired) electrons. The van der Waals surface area contributed by atoms with Crippen molar-refractivity contribution in [3.8, 4) is 0 Å². The first-order valence-electron chi connectivity index (χ1n) is 7.04. The number of hydrogen-bond acceptors (Lipinski definition) is 2. The van der Waals surface area contributed by atoms with Crippen molar-refractivity contribution in [2.75, 3.05) is 6.54 Å². The molecule has 0 spiro atoms. The van der Waals surface area contributed by atoms with Crippen molar-refractivity contribution in [1.29, 1.82) is 0 Å². The number of piperidine rings is 1. The van der Waals surface area contributed by atoms with Gasteiger partial charge in [0, 0.05) is 6.54 Å². The Morgan fingerprint density at radius 1 is 1.20 bits per heavy atom. The minimum absolute atomic E-state index is 0.101. The quantitative estimate of drug-likeness (QED) is 0.921. The summed E-state index contributed by atoms with van der Waals surface area (Å²) in [7, 11) is 0. The summed E-state index contributed by atoms with van der Waals surface area (Å²) in [6.45, 7) is 4.25. The molecular formula is C16H21NO3. The molecular weight excluding hydrogens is 254 g/mol. The van der Waals surface area contributed by atoms with Gasteiger partial charge in [-0.05, 0) is 38.7 Å². The standard InChI is InChI=1S/C16H21NO3/c1-16(2,12-8-4-3-5-9-12)15(20)17-11-7-6-10-13(17)14(18)19/h3-5,8-9,13H,6-7,10-11H2,1-2H3,(H,18,19)/t13-/m1/s1. The zero-order valence-corrected chi connectivity index (χ0v) is 12.0. The molecule has 1 fully saturated rings. The number of likely N-dealkylation sites (tertiary alicyclic amines) is 1. The van der Waals surface area contributed by atoms with E-state index in [0.717, 1.165) is 18.4 Å². The van der Waals surface area contributed by atoms with Crippen LogP contribution in [0.5, 0.6) is 0 Å². The smallest absolute Gasteiger partial charge is 0.326 e. The van der Waals surface area contributed by atoms with Gasteiger partial charge in [-0.25, -0.2) is 4.79 Å². The lowest BCUT2D eigenvalue weighted by Crippen LogP contribution is -2.53.